The van der Waals surface area contributed by atoms with E-state index in [4.69, 9.17) is 29.1 Å². The summed E-state index contributed by atoms with van der Waals surface area (Å²) in [5, 5.41) is 42.3. The number of anilines is 1. The van der Waals surface area contributed by atoms with Crippen molar-refractivity contribution in [2.45, 2.75) is 29.1 Å². The maximum Gasteiger partial charge on any atom is 0.312 e. The summed E-state index contributed by atoms with van der Waals surface area (Å²) in [5.41, 5.74) is 3.66. The topological polar surface area (TPSA) is 163 Å². The maximum atomic E-state index is 12.9. The molecule has 0 amide bonds. The first-order valence-corrected chi connectivity index (χ1v) is 12.7. The molecule has 40 heavy (non-hydrogen) atoms. The molecule has 1 aliphatic heterocycles. The normalized spacial score (nSPS) is 26.6. The third-order valence-electron chi connectivity index (χ3n) is 7.82. The van der Waals surface area contributed by atoms with E-state index in [2.05, 4.69) is 10.2 Å². The first-order chi connectivity index (χ1) is 19.4. The van der Waals surface area contributed by atoms with E-state index in [9.17, 15) is 15.3 Å². The third kappa shape index (κ3) is 3.55. The molecule has 208 valence electrons. The van der Waals surface area contributed by atoms with Crippen LogP contribution in [0.25, 0.3) is 0 Å². The SMILES string of the molecule is COc1ccc(C23Oc4cc(OCCO)cc(OC)c4C2(O)C(O)C(c2nnc(N)o2)C3c2ccccc2)cc1. The van der Waals surface area contributed by atoms with Crippen molar-refractivity contribution >= 4 is 6.01 Å². The minimum Gasteiger partial charge on any atom is -0.497 e. The Labute approximate surface area is 229 Å². The van der Waals surface area contributed by atoms with Crippen molar-refractivity contribution in [3.63, 3.8) is 0 Å². The van der Waals surface area contributed by atoms with E-state index in [1.165, 1.54) is 7.11 Å². The lowest BCUT2D eigenvalue weighted by Gasteiger charge is -2.40. The van der Waals surface area contributed by atoms with E-state index in [-0.39, 0.29) is 42.2 Å². The number of nitrogens with zero attached hydrogens (tertiary/aromatic N) is 2. The number of aliphatic hydroxyl groups is 3. The molecule has 3 aromatic carbocycles. The molecule has 2 aliphatic rings. The minimum atomic E-state index is -2.08. The second kappa shape index (κ2) is 9.70. The molecule has 0 spiro atoms. The molecule has 1 aromatic heterocycles. The van der Waals surface area contributed by atoms with E-state index in [0.29, 0.717) is 17.1 Å². The zero-order valence-electron chi connectivity index (χ0n) is 21.9. The van der Waals surface area contributed by atoms with Crippen LogP contribution in [0.5, 0.6) is 23.0 Å². The van der Waals surface area contributed by atoms with Crippen LogP contribution in [0.4, 0.5) is 6.01 Å². The highest BCUT2D eigenvalue weighted by Gasteiger charge is 2.78. The molecular formula is C29H29N3O8. The van der Waals surface area contributed by atoms with Crippen molar-refractivity contribution in [2.24, 2.45) is 0 Å². The van der Waals surface area contributed by atoms with Gasteiger partial charge in [-0.05, 0) is 23.3 Å². The van der Waals surface area contributed by atoms with Gasteiger partial charge in [-0.25, -0.2) is 0 Å². The number of ether oxygens (including phenoxy) is 4. The molecule has 11 nitrogen and oxygen atoms in total. The van der Waals surface area contributed by atoms with E-state index >= 15 is 0 Å². The lowest BCUT2D eigenvalue weighted by molar-refractivity contribution is -0.151. The van der Waals surface area contributed by atoms with Gasteiger partial charge in [0, 0.05) is 18.1 Å². The molecular weight excluding hydrogens is 518 g/mol. The van der Waals surface area contributed by atoms with Crippen LogP contribution >= 0.6 is 0 Å². The lowest BCUT2D eigenvalue weighted by Crippen LogP contribution is -2.52. The van der Waals surface area contributed by atoms with Gasteiger partial charge in [-0.3, -0.25) is 0 Å². The summed E-state index contributed by atoms with van der Waals surface area (Å²) >= 11 is 0. The fraction of sp³-hybridized carbons (Fsp3) is 0.310. The molecule has 0 saturated heterocycles. The standard InChI is InChI=1S/C29H29N3O8/c1-36-18-10-8-17(9-11-18)29-23(16-6-4-3-5-7-16)22(26-31-32-27(30)39-26)25(34)28(29,35)24-20(37-2)14-19(38-13-12-33)15-21(24)40-29/h3-11,14-15,22-23,25,33-35H,12-13H2,1-2H3,(H2,30,32). The molecule has 4 aromatic rings. The van der Waals surface area contributed by atoms with Crippen LogP contribution in [-0.4, -0.2) is 59.1 Å². The summed E-state index contributed by atoms with van der Waals surface area (Å²) in [5.74, 6) is -0.156. The van der Waals surface area contributed by atoms with Crippen LogP contribution in [0.3, 0.4) is 0 Å². The largest absolute Gasteiger partial charge is 0.497 e. The fourth-order valence-electron chi connectivity index (χ4n) is 6.29. The van der Waals surface area contributed by atoms with Crippen molar-refractivity contribution in [1.82, 2.24) is 10.2 Å². The van der Waals surface area contributed by atoms with Crippen LogP contribution in [0, 0.1) is 0 Å². The van der Waals surface area contributed by atoms with Crippen LogP contribution in [-0.2, 0) is 11.2 Å². The minimum absolute atomic E-state index is 0.0474. The second-order valence-electron chi connectivity index (χ2n) is 9.74. The van der Waals surface area contributed by atoms with Crippen LogP contribution in [0.2, 0.25) is 0 Å². The van der Waals surface area contributed by atoms with Gasteiger partial charge in [-0.2, -0.15) is 0 Å². The Balaban J connectivity index is 1.67. The number of fused-ring (bicyclic) bond motifs is 3. The summed E-state index contributed by atoms with van der Waals surface area (Å²) < 4.78 is 29.3. The number of nitrogen functional groups attached to an aromatic ring is 1. The molecule has 5 atom stereocenters. The van der Waals surface area contributed by atoms with E-state index < -0.39 is 29.1 Å². The van der Waals surface area contributed by atoms with Gasteiger partial charge in [0.2, 0.25) is 5.89 Å². The summed E-state index contributed by atoms with van der Waals surface area (Å²) in [7, 11) is 3.01. The van der Waals surface area contributed by atoms with Crippen molar-refractivity contribution in [3.05, 3.63) is 89.3 Å². The Morgan fingerprint density at radius 1 is 0.975 bits per heavy atom. The quantitative estimate of drug-likeness (QED) is 0.256. The van der Waals surface area contributed by atoms with E-state index in [1.807, 2.05) is 30.3 Å². The Bertz CT molecular complexity index is 1510. The Kier molecular flexibility index (Phi) is 6.29. The average Bonchev–Trinajstić information content (AvgIpc) is 3.59. The Morgan fingerprint density at radius 3 is 2.35 bits per heavy atom. The number of aliphatic hydroxyl groups excluding tert-OH is 2. The van der Waals surface area contributed by atoms with Crippen molar-refractivity contribution in [2.75, 3.05) is 33.2 Å². The molecule has 5 N–H and O–H groups in total. The number of methoxy groups -OCH3 is 2. The average molecular weight is 548 g/mol. The number of benzene rings is 3. The lowest BCUT2D eigenvalue weighted by atomic mass is 9.70. The number of aromatic nitrogens is 2. The maximum absolute atomic E-state index is 12.9. The number of nitrogens with two attached hydrogens (primary N) is 1. The van der Waals surface area contributed by atoms with Gasteiger partial charge in [-0.15, -0.1) is 5.10 Å². The first-order valence-electron chi connectivity index (χ1n) is 12.7. The molecule has 0 radical (unpaired) electrons. The third-order valence-corrected chi connectivity index (χ3v) is 7.82. The van der Waals surface area contributed by atoms with Gasteiger partial charge >= 0.3 is 6.01 Å². The summed E-state index contributed by atoms with van der Waals surface area (Å²) in [6, 6.07) is 19.5. The molecule has 1 fully saturated rings. The van der Waals surface area contributed by atoms with Gasteiger partial charge in [0.05, 0.1) is 32.3 Å². The number of hydrogen-bond donors (Lipinski definition) is 4. The highest BCUT2D eigenvalue weighted by molar-refractivity contribution is 5.63. The number of rotatable bonds is 8. The molecule has 1 saturated carbocycles. The van der Waals surface area contributed by atoms with Gasteiger partial charge in [0.25, 0.3) is 0 Å². The monoisotopic (exact) mass is 547 g/mol. The van der Waals surface area contributed by atoms with Gasteiger partial charge in [0.15, 0.2) is 11.2 Å². The van der Waals surface area contributed by atoms with Gasteiger partial charge in [-0.1, -0.05) is 47.6 Å². The second-order valence-corrected chi connectivity index (χ2v) is 9.74. The molecule has 5 unspecified atom stereocenters. The van der Waals surface area contributed by atoms with Crippen LogP contribution < -0.4 is 24.7 Å². The van der Waals surface area contributed by atoms with Crippen LogP contribution in [0.1, 0.15) is 34.4 Å². The molecule has 6 rings (SSSR count). The van der Waals surface area contributed by atoms with E-state index in [0.717, 1.165) is 5.56 Å². The predicted molar refractivity (Wildman–Crippen MR) is 141 cm³/mol. The van der Waals surface area contributed by atoms with Gasteiger partial charge in [0.1, 0.15) is 35.7 Å². The molecule has 2 heterocycles. The van der Waals surface area contributed by atoms with Crippen molar-refractivity contribution in [1.29, 1.82) is 0 Å². The molecule has 0 bridgehead atoms. The molecule has 1 aliphatic carbocycles. The number of hydrogen-bond acceptors (Lipinski definition) is 11. The summed E-state index contributed by atoms with van der Waals surface area (Å²) in [6.45, 7) is -0.143. The smallest absolute Gasteiger partial charge is 0.312 e. The highest BCUT2D eigenvalue weighted by Crippen LogP contribution is 2.72. The summed E-state index contributed by atoms with van der Waals surface area (Å²) in [6.07, 6.45) is -1.51. The van der Waals surface area contributed by atoms with Crippen molar-refractivity contribution in [3.8, 4) is 23.0 Å². The first kappa shape index (κ1) is 25.9. The highest BCUT2D eigenvalue weighted by atomic mass is 16.5. The van der Waals surface area contributed by atoms with Crippen LogP contribution in [0.15, 0.2) is 71.1 Å². The fourth-order valence-corrected chi connectivity index (χ4v) is 6.29. The zero-order valence-corrected chi connectivity index (χ0v) is 21.9. The van der Waals surface area contributed by atoms with E-state index in [1.54, 1.807) is 43.5 Å². The Hall–Kier alpha value is -4.32. The summed E-state index contributed by atoms with van der Waals surface area (Å²) in [4.78, 5) is 0. The Morgan fingerprint density at radius 2 is 1.73 bits per heavy atom. The predicted octanol–water partition coefficient (Wildman–Crippen LogP) is 2.46. The van der Waals surface area contributed by atoms with Gasteiger partial charge < -0.3 is 44.4 Å². The van der Waals surface area contributed by atoms with Crippen molar-refractivity contribution < 1.29 is 38.7 Å². The zero-order chi connectivity index (χ0) is 28.1. The molecule has 11 heteroatoms.